The van der Waals surface area contributed by atoms with E-state index in [-0.39, 0.29) is 0 Å². The van der Waals surface area contributed by atoms with Gasteiger partial charge in [0.2, 0.25) is 0 Å². The van der Waals surface area contributed by atoms with Crippen molar-refractivity contribution in [3.63, 3.8) is 0 Å². The van der Waals surface area contributed by atoms with Gasteiger partial charge >= 0.3 is 25.1 Å². The molecule has 0 amide bonds. The van der Waals surface area contributed by atoms with Crippen LogP contribution in [0.3, 0.4) is 0 Å². The van der Waals surface area contributed by atoms with Crippen LogP contribution in [0.4, 0.5) is 39.6 Å². The molecule has 0 saturated heterocycles. The molecule has 0 rings (SSSR count). The number of ether oxygens (including phenoxy) is 2. The SMILES string of the molecule is FOC(OC(F)F)(OC(F)(F)F)C(F)(F)F. The molecule has 1 atom stereocenters. The van der Waals surface area contributed by atoms with Gasteiger partial charge in [0.05, 0.1) is 0 Å². The predicted octanol–water partition coefficient (Wildman–Crippen LogP) is 2.88. The quantitative estimate of drug-likeness (QED) is 0.579. The molecule has 0 N–H and O–H groups in total. The van der Waals surface area contributed by atoms with Crippen LogP contribution in [0.1, 0.15) is 0 Å². The van der Waals surface area contributed by atoms with Gasteiger partial charge in [0.25, 0.3) is 0 Å². The fourth-order valence-electron chi connectivity index (χ4n) is 0.496. The average molecular weight is 268 g/mol. The molecule has 0 aliphatic carbocycles. The highest BCUT2D eigenvalue weighted by atomic mass is 19.4. The number of rotatable bonds is 4. The molecule has 0 bridgehead atoms. The van der Waals surface area contributed by atoms with Crippen molar-refractivity contribution in [2.24, 2.45) is 0 Å². The van der Waals surface area contributed by atoms with Crippen molar-refractivity contribution in [2.45, 2.75) is 25.1 Å². The summed E-state index contributed by atoms with van der Waals surface area (Å²) in [6, 6.07) is 0. The minimum absolute atomic E-state index is 1.72. The zero-order valence-electron chi connectivity index (χ0n) is 6.70. The minimum atomic E-state index is -6.34. The van der Waals surface area contributed by atoms with Crippen LogP contribution in [0, 0.1) is 0 Å². The molecule has 0 saturated carbocycles. The van der Waals surface area contributed by atoms with Crippen LogP contribution in [-0.4, -0.2) is 25.1 Å². The van der Waals surface area contributed by atoms with Crippen LogP contribution in [0.2, 0.25) is 0 Å². The van der Waals surface area contributed by atoms with E-state index in [0.29, 0.717) is 0 Å². The number of halogens is 9. The first kappa shape index (κ1) is 15.2. The van der Waals surface area contributed by atoms with Crippen LogP contribution in [0.15, 0.2) is 0 Å². The normalized spacial score (nSPS) is 17.6. The second kappa shape index (κ2) is 4.63. The molecule has 0 heterocycles. The van der Waals surface area contributed by atoms with Gasteiger partial charge in [0.15, 0.2) is 0 Å². The first-order valence-electron chi connectivity index (χ1n) is 3.03. The van der Waals surface area contributed by atoms with Crippen LogP contribution in [0.25, 0.3) is 0 Å². The van der Waals surface area contributed by atoms with Gasteiger partial charge in [-0.3, -0.25) is 4.74 Å². The fourth-order valence-corrected chi connectivity index (χ4v) is 0.496. The van der Waals surface area contributed by atoms with Crippen molar-refractivity contribution >= 4 is 0 Å². The van der Waals surface area contributed by atoms with Crippen molar-refractivity contribution in [1.82, 2.24) is 0 Å². The van der Waals surface area contributed by atoms with E-state index >= 15 is 0 Å². The van der Waals surface area contributed by atoms with Gasteiger partial charge in [0, 0.05) is 0 Å². The number of hydrogen-bond acceptors (Lipinski definition) is 3. The standard InChI is InChI=1S/C4HF9O3/c5-1(6)14-3(16-13,2(7,8)9)15-4(10,11)12/h1H. The van der Waals surface area contributed by atoms with Crippen molar-refractivity contribution in [1.29, 1.82) is 0 Å². The Hall–Kier alpha value is -0.750. The highest BCUT2D eigenvalue weighted by Crippen LogP contribution is 2.41. The summed E-state index contributed by atoms with van der Waals surface area (Å²) in [5.74, 6) is -5.56. The van der Waals surface area contributed by atoms with Crippen molar-refractivity contribution in [3.05, 3.63) is 0 Å². The van der Waals surface area contributed by atoms with Crippen molar-refractivity contribution < 1.29 is 54.1 Å². The lowest BCUT2D eigenvalue weighted by atomic mass is 10.5. The molecule has 0 aliphatic rings. The molecule has 3 nitrogen and oxygen atoms in total. The summed E-state index contributed by atoms with van der Waals surface area (Å²) < 4.78 is 108. The molecule has 16 heavy (non-hydrogen) atoms. The highest BCUT2D eigenvalue weighted by Gasteiger charge is 2.68. The van der Waals surface area contributed by atoms with Gasteiger partial charge in [-0.15, -0.1) is 18.1 Å². The summed E-state index contributed by atoms with van der Waals surface area (Å²) in [5.41, 5.74) is 0. The fraction of sp³-hybridized carbons (Fsp3) is 1.00. The highest BCUT2D eigenvalue weighted by molar-refractivity contribution is 4.68. The summed E-state index contributed by atoms with van der Waals surface area (Å²) in [6.45, 7) is -4.42. The Morgan fingerprint density at radius 1 is 0.875 bits per heavy atom. The maximum absolute atomic E-state index is 11.8. The average Bonchev–Trinajstić information content (AvgIpc) is 1.96. The van der Waals surface area contributed by atoms with E-state index in [9.17, 15) is 39.6 Å². The maximum Gasteiger partial charge on any atom is 0.527 e. The number of alkyl halides is 8. The summed E-state index contributed by atoms with van der Waals surface area (Å²) in [6.07, 6.45) is -12.5. The van der Waals surface area contributed by atoms with E-state index in [2.05, 4.69) is 4.74 Å². The number of hydrogen-bond donors (Lipinski definition) is 0. The van der Waals surface area contributed by atoms with E-state index in [4.69, 9.17) is 0 Å². The van der Waals surface area contributed by atoms with E-state index in [1.807, 2.05) is 4.74 Å². The molecule has 0 fully saturated rings. The van der Waals surface area contributed by atoms with E-state index in [0.717, 1.165) is 0 Å². The third-order valence-corrected chi connectivity index (χ3v) is 0.943. The lowest BCUT2D eigenvalue weighted by molar-refractivity contribution is -0.596. The van der Waals surface area contributed by atoms with Crippen LogP contribution < -0.4 is 0 Å². The van der Waals surface area contributed by atoms with Gasteiger partial charge in [-0.2, -0.15) is 22.0 Å². The predicted molar refractivity (Wildman–Crippen MR) is 25.2 cm³/mol. The Labute approximate surface area is 80.6 Å². The van der Waals surface area contributed by atoms with E-state index in [1.165, 1.54) is 0 Å². The third kappa shape index (κ3) is 4.02. The van der Waals surface area contributed by atoms with Gasteiger partial charge < -0.3 is 0 Å². The second-order valence-electron chi connectivity index (χ2n) is 2.06. The smallest absolute Gasteiger partial charge is 0.255 e. The van der Waals surface area contributed by atoms with Crippen LogP contribution in [-0.2, 0) is 14.4 Å². The molecule has 1 unspecified atom stereocenters. The first-order chi connectivity index (χ1) is 6.93. The molecule has 98 valence electrons. The second-order valence-corrected chi connectivity index (χ2v) is 2.06. The van der Waals surface area contributed by atoms with E-state index < -0.39 is 25.1 Å². The van der Waals surface area contributed by atoms with Gasteiger partial charge in [-0.25, -0.2) is 4.74 Å². The molecule has 0 aliphatic heterocycles. The van der Waals surface area contributed by atoms with Crippen LogP contribution in [0.5, 0.6) is 0 Å². The molecule has 0 aromatic rings. The lowest BCUT2D eigenvalue weighted by Crippen LogP contribution is -2.54. The zero-order chi connectivity index (χ0) is 13.2. The first-order valence-corrected chi connectivity index (χ1v) is 3.03. The summed E-state index contributed by atoms with van der Waals surface area (Å²) in [5, 5.41) is 0. The van der Waals surface area contributed by atoms with E-state index in [1.54, 1.807) is 4.94 Å². The molecule has 0 aromatic carbocycles. The van der Waals surface area contributed by atoms with Gasteiger partial charge in [0.1, 0.15) is 0 Å². The van der Waals surface area contributed by atoms with Gasteiger partial charge in [-0.1, -0.05) is 0 Å². The monoisotopic (exact) mass is 268 g/mol. The molecule has 0 spiro atoms. The Bertz CT molecular complexity index is 222. The maximum atomic E-state index is 11.8. The summed E-state index contributed by atoms with van der Waals surface area (Å²) in [7, 11) is 0. The van der Waals surface area contributed by atoms with Crippen molar-refractivity contribution in [2.75, 3.05) is 0 Å². The summed E-state index contributed by atoms with van der Waals surface area (Å²) in [4.78, 5) is 1.72. The minimum Gasteiger partial charge on any atom is -0.255 e. The molecular formula is C4HF9O3. The molecular weight excluding hydrogens is 267 g/mol. The Morgan fingerprint density at radius 2 is 1.31 bits per heavy atom. The zero-order valence-corrected chi connectivity index (χ0v) is 6.70. The largest absolute Gasteiger partial charge is 0.527 e. The Kier molecular flexibility index (Phi) is 4.41. The third-order valence-electron chi connectivity index (χ3n) is 0.943. The molecule has 12 heteroatoms. The Morgan fingerprint density at radius 3 is 1.50 bits per heavy atom. The Balaban J connectivity index is 5.13. The molecule has 0 radical (unpaired) electrons. The lowest BCUT2D eigenvalue weighted by Gasteiger charge is -2.30. The summed E-state index contributed by atoms with van der Waals surface area (Å²) >= 11 is 0. The van der Waals surface area contributed by atoms with Gasteiger partial charge in [-0.05, 0) is 4.53 Å². The topological polar surface area (TPSA) is 27.7 Å². The molecule has 0 aromatic heterocycles. The van der Waals surface area contributed by atoms with Crippen LogP contribution >= 0.6 is 0 Å². The van der Waals surface area contributed by atoms with Crippen molar-refractivity contribution in [3.8, 4) is 0 Å².